The quantitative estimate of drug-likeness (QED) is 0.169. The van der Waals surface area contributed by atoms with E-state index in [0.29, 0.717) is 19.4 Å². The molecule has 0 radical (unpaired) electrons. The van der Waals surface area contributed by atoms with Crippen LogP contribution in [0.3, 0.4) is 0 Å². The van der Waals surface area contributed by atoms with E-state index in [0.717, 1.165) is 13.0 Å². The van der Waals surface area contributed by atoms with Crippen molar-refractivity contribution in [2.75, 3.05) is 26.9 Å². The van der Waals surface area contributed by atoms with E-state index in [1.54, 1.807) is 7.11 Å². The maximum absolute atomic E-state index is 10.1. The summed E-state index contributed by atoms with van der Waals surface area (Å²) in [6, 6.07) is -0.688. The molecule has 0 aliphatic carbocycles. The van der Waals surface area contributed by atoms with Crippen LogP contribution in [-0.2, 0) is 14.2 Å². The van der Waals surface area contributed by atoms with Gasteiger partial charge in [-0.1, -0.05) is 90.4 Å². The minimum atomic E-state index is -1.16. The molecule has 1 rings (SSSR count). The van der Waals surface area contributed by atoms with Gasteiger partial charge in [-0.3, -0.25) is 0 Å². The summed E-state index contributed by atoms with van der Waals surface area (Å²) in [6.45, 7) is 3.19. The van der Waals surface area contributed by atoms with Gasteiger partial charge >= 0.3 is 0 Å². The van der Waals surface area contributed by atoms with Crippen LogP contribution in [-0.4, -0.2) is 78.8 Å². The Morgan fingerprint density at radius 2 is 1.32 bits per heavy atom. The van der Waals surface area contributed by atoms with E-state index in [9.17, 15) is 15.3 Å². The highest BCUT2D eigenvalue weighted by molar-refractivity contribution is 4.94. The lowest BCUT2D eigenvalue weighted by Crippen LogP contribution is -2.61. The van der Waals surface area contributed by atoms with Gasteiger partial charge in [-0.05, 0) is 19.3 Å². The maximum Gasteiger partial charge on any atom is 0.110 e. The van der Waals surface area contributed by atoms with Crippen LogP contribution < -0.4 is 5.73 Å². The number of methoxy groups -OCH3 is 1. The molecule has 1 unspecified atom stereocenters. The molecule has 0 aromatic heterocycles. The molecular formula is C27H55NO6. The molecule has 1 heterocycles. The van der Waals surface area contributed by atoms with Gasteiger partial charge in [-0.15, -0.1) is 0 Å². The monoisotopic (exact) mass is 489 g/mol. The molecule has 1 saturated heterocycles. The first kappa shape index (κ1) is 31.7. The number of hydrogen-bond donors (Lipinski definition) is 4. The maximum atomic E-state index is 10.1. The van der Waals surface area contributed by atoms with Gasteiger partial charge in [-0.25, -0.2) is 0 Å². The zero-order valence-electron chi connectivity index (χ0n) is 22.0. The Kier molecular flexibility index (Phi) is 19.5. The third-order valence-corrected chi connectivity index (χ3v) is 7.14. The fourth-order valence-electron chi connectivity index (χ4n) is 4.71. The van der Waals surface area contributed by atoms with E-state index in [1.807, 2.05) is 0 Å². The molecule has 1 aliphatic rings. The Hall–Kier alpha value is -0.280. The molecule has 7 heteroatoms. The number of aliphatic hydroxyl groups excluding tert-OH is 3. The smallest absolute Gasteiger partial charge is 0.110 e. The highest BCUT2D eigenvalue weighted by Gasteiger charge is 2.42. The lowest BCUT2D eigenvalue weighted by molar-refractivity contribution is -0.191. The lowest BCUT2D eigenvalue weighted by atomic mass is 9.91. The Bertz CT molecular complexity index is 453. The molecule has 0 bridgehead atoms. The number of rotatable bonds is 22. The van der Waals surface area contributed by atoms with Crippen molar-refractivity contribution in [3.8, 4) is 0 Å². The van der Waals surface area contributed by atoms with Crippen molar-refractivity contribution in [3.05, 3.63) is 0 Å². The Morgan fingerprint density at radius 1 is 0.794 bits per heavy atom. The largest absolute Gasteiger partial charge is 0.394 e. The van der Waals surface area contributed by atoms with E-state index < -0.39 is 30.5 Å². The van der Waals surface area contributed by atoms with Crippen molar-refractivity contribution in [1.29, 1.82) is 0 Å². The van der Waals surface area contributed by atoms with E-state index in [-0.39, 0.29) is 12.7 Å². The fourth-order valence-corrected chi connectivity index (χ4v) is 4.71. The van der Waals surface area contributed by atoms with Crippen molar-refractivity contribution < 1.29 is 29.5 Å². The Balaban J connectivity index is 1.97. The number of ether oxygens (including phenoxy) is 3. The first-order chi connectivity index (χ1) is 16.5. The van der Waals surface area contributed by atoms with Gasteiger partial charge in [0.15, 0.2) is 0 Å². The van der Waals surface area contributed by atoms with E-state index >= 15 is 0 Å². The van der Waals surface area contributed by atoms with Crippen LogP contribution in [0, 0.1) is 0 Å². The summed E-state index contributed by atoms with van der Waals surface area (Å²) in [5.41, 5.74) is 6.01. The van der Waals surface area contributed by atoms with Gasteiger partial charge in [0.2, 0.25) is 0 Å². The zero-order chi connectivity index (χ0) is 25.0. The summed E-state index contributed by atoms with van der Waals surface area (Å²) in [5.74, 6) is 0. The van der Waals surface area contributed by atoms with Crippen LogP contribution in [0.15, 0.2) is 0 Å². The number of unbranched alkanes of at least 4 members (excludes halogenated alkanes) is 13. The molecule has 0 spiro atoms. The lowest BCUT2D eigenvalue weighted by Gasteiger charge is -2.41. The summed E-state index contributed by atoms with van der Waals surface area (Å²) in [4.78, 5) is 0. The predicted molar refractivity (Wildman–Crippen MR) is 137 cm³/mol. The molecule has 7 nitrogen and oxygen atoms in total. The van der Waals surface area contributed by atoms with Crippen molar-refractivity contribution in [3.63, 3.8) is 0 Å². The van der Waals surface area contributed by atoms with Gasteiger partial charge in [0, 0.05) is 13.7 Å². The minimum Gasteiger partial charge on any atom is -0.394 e. The van der Waals surface area contributed by atoms with Crippen LogP contribution in [0.4, 0.5) is 0 Å². The molecule has 1 fully saturated rings. The molecule has 0 saturated carbocycles. The summed E-state index contributed by atoms with van der Waals surface area (Å²) < 4.78 is 17.0. The predicted octanol–water partition coefficient (Wildman–Crippen LogP) is 4.09. The summed E-state index contributed by atoms with van der Waals surface area (Å²) in [7, 11) is 1.66. The van der Waals surface area contributed by atoms with Crippen molar-refractivity contribution >= 4 is 0 Å². The Labute approximate surface area is 208 Å². The standard InChI is InChI=1S/C27H55NO6/c1-3-4-5-6-7-8-9-10-11-12-13-14-15-16-19-33-21-22(32-2)17-18-23-25(28)27(31)26(30)24(20-29)34-23/h22-27,29-31H,3-21,28H2,1-2H3/t22?,23-,24+,25-,26+,27+/m0/s1. The van der Waals surface area contributed by atoms with E-state index in [2.05, 4.69) is 6.92 Å². The molecule has 0 aromatic carbocycles. The number of nitrogens with two attached hydrogens (primary N) is 1. The van der Waals surface area contributed by atoms with Gasteiger partial charge in [0.25, 0.3) is 0 Å². The number of aliphatic hydroxyl groups is 3. The highest BCUT2D eigenvalue weighted by Crippen LogP contribution is 2.23. The summed E-state index contributed by atoms with van der Waals surface area (Å²) in [5, 5.41) is 29.3. The third-order valence-electron chi connectivity index (χ3n) is 7.14. The molecular weight excluding hydrogens is 434 g/mol. The summed E-state index contributed by atoms with van der Waals surface area (Å²) in [6.07, 6.45) is 16.5. The van der Waals surface area contributed by atoms with Crippen LogP contribution >= 0.6 is 0 Å². The van der Waals surface area contributed by atoms with Gasteiger partial charge in [0.05, 0.1) is 31.5 Å². The van der Waals surface area contributed by atoms with Gasteiger partial charge in [0.1, 0.15) is 18.3 Å². The van der Waals surface area contributed by atoms with Gasteiger partial charge in [-0.2, -0.15) is 0 Å². The van der Waals surface area contributed by atoms with Crippen LogP contribution in [0.1, 0.15) is 110 Å². The van der Waals surface area contributed by atoms with Crippen molar-refractivity contribution in [2.24, 2.45) is 5.73 Å². The zero-order valence-corrected chi connectivity index (χ0v) is 22.0. The van der Waals surface area contributed by atoms with Crippen molar-refractivity contribution in [1.82, 2.24) is 0 Å². The highest BCUT2D eigenvalue weighted by atomic mass is 16.5. The molecule has 0 amide bonds. The molecule has 1 aliphatic heterocycles. The van der Waals surface area contributed by atoms with Crippen molar-refractivity contribution in [2.45, 2.75) is 146 Å². The molecule has 204 valence electrons. The van der Waals surface area contributed by atoms with Crippen LogP contribution in [0.2, 0.25) is 0 Å². The second-order valence-electron chi connectivity index (χ2n) is 10.1. The van der Waals surface area contributed by atoms with Crippen LogP contribution in [0.5, 0.6) is 0 Å². The summed E-state index contributed by atoms with van der Waals surface area (Å²) >= 11 is 0. The molecule has 34 heavy (non-hydrogen) atoms. The van der Waals surface area contributed by atoms with Crippen LogP contribution in [0.25, 0.3) is 0 Å². The average molecular weight is 490 g/mol. The van der Waals surface area contributed by atoms with E-state index in [4.69, 9.17) is 19.9 Å². The second kappa shape index (κ2) is 20.9. The first-order valence-corrected chi connectivity index (χ1v) is 14.0. The third kappa shape index (κ3) is 13.7. The first-order valence-electron chi connectivity index (χ1n) is 14.0. The second-order valence-corrected chi connectivity index (χ2v) is 10.1. The number of hydrogen-bond acceptors (Lipinski definition) is 7. The normalized spacial score (nSPS) is 26.1. The Morgan fingerprint density at radius 3 is 1.82 bits per heavy atom. The fraction of sp³-hybridized carbons (Fsp3) is 1.00. The van der Waals surface area contributed by atoms with Gasteiger partial charge < -0.3 is 35.3 Å². The molecule has 5 N–H and O–H groups in total. The molecule has 0 aromatic rings. The average Bonchev–Trinajstić information content (AvgIpc) is 2.85. The molecule has 6 atom stereocenters. The minimum absolute atomic E-state index is 0.0704. The SMILES string of the molecule is CCCCCCCCCCCCCCCCOCC(CC[C@@H]1O[C@H](CO)[C@@H](O)[C@H](O)[C@H]1N)OC. The van der Waals surface area contributed by atoms with E-state index in [1.165, 1.54) is 83.5 Å². The topological polar surface area (TPSA) is 114 Å².